The van der Waals surface area contributed by atoms with E-state index in [0.717, 1.165) is 50.8 Å². The molecule has 1 unspecified atom stereocenters. The number of fused-ring (bicyclic) bond motifs is 1. The summed E-state index contributed by atoms with van der Waals surface area (Å²) in [6.07, 6.45) is 8.30. The average Bonchev–Trinajstić information content (AvgIpc) is 3.03. The summed E-state index contributed by atoms with van der Waals surface area (Å²) in [4.78, 5) is 44.6. The van der Waals surface area contributed by atoms with Crippen molar-refractivity contribution in [1.29, 1.82) is 0 Å². The number of hydrogen-bond acceptors (Lipinski definition) is 6. The van der Waals surface area contributed by atoms with Crippen LogP contribution in [0.4, 0.5) is 0 Å². The fourth-order valence-corrected chi connectivity index (χ4v) is 7.16. The highest BCUT2D eigenvalue weighted by Gasteiger charge is 2.68. The lowest BCUT2D eigenvalue weighted by Gasteiger charge is -2.52. The first-order chi connectivity index (χ1) is 17.9. The van der Waals surface area contributed by atoms with Crippen molar-refractivity contribution in [3.63, 3.8) is 0 Å². The molecule has 38 heavy (non-hydrogen) atoms. The van der Waals surface area contributed by atoms with E-state index in [-0.39, 0.29) is 35.2 Å². The minimum Gasteiger partial charge on any atom is -0.417 e. The quantitative estimate of drug-likeness (QED) is 0.168. The van der Waals surface area contributed by atoms with Crippen LogP contribution >= 0.6 is 12.0 Å². The summed E-state index contributed by atoms with van der Waals surface area (Å²) in [5.74, 6) is -0.792. The third-order valence-corrected chi connectivity index (χ3v) is 14.1. The standard InChI is InChI=1S/C29H42N2O5SSi/c1-21-15-19-31-24(21)29(26(31)33,16-20-35-38(5,6)28(2,3)4)27(34)36-37-23-14-10-9-13-22(23)25(32)30-17-11-7-8-12-18-30/h9-10,13-15,19,21,24H,7-8,11-12,16-18,20H2,1-6H3/t21-,24+,29?/m1/s1. The third kappa shape index (κ3) is 5.34. The van der Waals surface area contributed by atoms with E-state index in [1.807, 2.05) is 30.0 Å². The van der Waals surface area contributed by atoms with Crippen molar-refractivity contribution in [3.8, 4) is 0 Å². The molecule has 9 heteroatoms. The number of β-lactam (4-membered cyclic amide) rings is 1. The second kappa shape index (κ2) is 11.2. The maximum absolute atomic E-state index is 13.7. The zero-order chi connectivity index (χ0) is 27.7. The molecule has 0 saturated carbocycles. The van der Waals surface area contributed by atoms with Crippen molar-refractivity contribution in [2.24, 2.45) is 11.3 Å². The number of rotatable bonds is 8. The molecule has 3 aliphatic rings. The summed E-state index contributed by atoms with van der Waals surface area (Å²) in [7, 11) is -2.05. The number of likely N-dealkylation sites (tertiary alicyclic amines) is 1. The normalized spacial score (nSPS) is 25.6. The van der Waals surface area contributed by atoms with Gasteiger partial charge in [0.2, 0.25) is 5.91 Å². The molecule has 0 aliphatic carbocycles. The zero-order valence-corrected chi connectivity index (χ0v) is 25.4. The first-order valence-corrected chi connectivity index (χ1v) is 17.5. The molecule has 3 aliphatic heterocycles. The van der Waals surface area contributed by atoms with Crippen molar-refractivity contribution in [2.75, 3.05) is 19.7 Å². The van der Waals surface area contributed by atoms with Gasteiger partial charge in [0.25, 0.3) is 5.91 Å². The second-order valence-electron chi connectivity index (χ2n) is 12.3. The van der Waals surface area contributed by atoms with E-state index < -0.39 is 19.7 Å². The summed E-state index contributed by atoms with van der Waals surface area (Å²) in [6, 6.07) is 6.96. The van der Waals surface area contributed by atoms with E-state index in [9.17, 15) is 14.4 Å². The van der Waals surface area contributed by atoms with Crippen molar-refractivity contribution < 1.29 is 23.0 Å². The molecule has 0 bridgehead atoms. The Hall–Kier alpha value is -2.10. The molecular weight excluding hydrogens is 516 g/mol. The van der Waals surface area contributed by atoms with Crippen LogP contribution in [0.25, 0.3) is 0 Å². The zero-order valence-electron chi connectivity index (χ0n) is 23.6. The summed E-state index contributed by atoms with van der Waals surface area (Å²) in [6.45, 7) is 14.7. The van der Waals surface area contributed by atoms with Gasteiger partial charge in [-0.2, -0.15) is 0 Å². The maximum Gasteiger partial charge on any atom is 0.336 e. The largest absolute Gasteiger partial charge is 0.417 e. The maximum atomic E-state index is 13.7. The molecular formula is C29H42N2O5SSi. The lowest BCUT2D eigenvalue weighted by atomic mass is 9.65. The molecule has 1 aromatic carbocycles. The molecule has 2 amide bonds. The van der Waals surface area contributed by atoms with Gasteiger partial charge in [0.05, 0.1) is 28.5 Å². The highest BCUT2D eigenvalue weighted by molar-refractivity contribution is 7.95. The van der Waals surface area contributed by atoms with Gasteiger partial charge in [-0.05, 0) is 55.4 Å². The fourth-order valence-electron chi connectivity index (χ4n) is 5.42. The number of hydrogen-bond donors (Lipinski definition) is 0. The highest BCUT2D eigenvalue weighted by atomic mass is 32.2. The molecule has 2 saturated heterocycles. The van der Waals surface area contributed by atoms with Crippen LogP contribution in [0.3, 0.4) is 0 Å². The van der Waals surface area contributed by atoms with Gasteiger partial charge in [-0.25, -0.2) is 4.79 Å². The number of nitrogens with zero attached hydrogens (tertiary/aromatic N) is 2. The lowest BCUT2D eigenvalue weighted by Crippen LogP contribution is -2.71. The molecule has 1 aromatic rings. The second-order valence-corrected chi connectivity index (χ2v) is 17.9. The predicted octanol–water partition coefficient (Wildman–Crippen LogP) is 6.03. The van der Waals surface area contributed by atoms with Crippen LogP contribution in [0.2, 0.25) is 18.1 Å². The molecule has 0 spiro atoms. The van der Waals surface area contributed by atoms with E-state index in [4.69, 9.17) is 8.61 Å². The van der Waals surface area contributed by atoms with E-state index in [2.05, 4.69) is 33.9 Å². The first-order valence-electron chi connectivity index (χ1n) is 13.8. The first kappa shape index (κ1) is 28.9. The Morgan fingerprint density at radius 2 is 1.76 bits per heavy atom. The lowest BCUT2D eigenvalue weighted by molar-refractivity contribution is -0.182. The predicted molar refractivity (Wildman–Crippen MR) is 152 cm³/mol. The average molecular weight is 559 g/mol. The Kier molecular flexibility index (Phi) is 8.50. The molecule has 3 atom stereocenters. The molecule has 0 N–H and O–H groups in total. The smallest absolute Gasteiger partial charge is 0.336 e. The van der Waals surface area contributed by atoms with Crippen LogP contribution < -0.4 is 0 Å². The Bertz CT molecular complexity index is 1090. The minimum atomic E-state index is -2.05. The summed E-state index contributed by atoms with van der Waals surface area (Å²) < 4.78 is 12.2. The topological polar surface area (TPSA) is 76.1 Å². The van der Waals surface area contributed by atoms with Gasteiger partial charge < -0.3 is 18.4 Å². The number of amides is 2. The fraction of sp³-hybridized carbons (Fsp3) is 0.621. The molecule has 208 valence electrons. The van der Waals surface area contributed by atoms with Crippen LogP contribution in [0.5, 0.6) is 0 Å². The van der Waals surface area contributed by atoms with Gasteiger partial charge in [0.1, 0.15) is 0 Å². The molecule has 3 heterocycles. The molecule has 4 rings (SSSR count). The van der Waals surface area contributed by atoms with Crippen molar-refractivity contribution in [1.82, 2.24) is 9.80 Å². The van der Waals surface area contributed by atoms with Crippen LogP contribution in [0, 0.1) is 11.3 Å². The minimum absolute atomic E-state index is 0.0258. The van der Waals surface area contributed by atoms with E-state index >= 15 is 0 Å². The Morgan fingerprint density at radius 3 is 2.42 bits per heavy atom. The number of benzene rings is 1. The Morgan fingerprint density at radius 1 is 1.11 bits per heavy atom. The highest BCUT2D eigenvalue weighted by Crippen LogP contribution is 2.51. The monoisotopic (exact) mass is 558 g/mol. The number of carbonyl (C=O) groups is 3. The summed E-state index contributed by atoms with van der Waals surface area (Å²) in [5.41, 5.74) is -0.762. The van der Waals surface area contributed by atoms with Gasteiger partial charge in [-0.3, -0.25) is 9.59 Å². The van der Waals surface area contributed by atoms with Crippen LogP contribution in [-0.4, -0.2) is 61.6 Å². The van der Waals surface area contributed by atoms with Crippen molar-refractivity contribution in [3.05, 3.63) is 42.1 Å². The van der Waals surface area contributed by atoms with Crippen LogP contribution in [0.1, 0.15) is 70.2 Å². The summed E-state index contributed by atoms with van der Waals surface area (Å²) >= 11 is 0.889. The van der Waals surface area contributed by atoms with E-state index in [0.29, 0.717) is 17.1 Å². The van der Waals surface area contributed by atoms with Crippen molar-refractivity contribution >= 4 is 38.1 Å². The van der Waals surface area contributed by atoms with Crippen LogP contribution in [-0.2, 0) is 18.2 Å². The van der Waals surface area contributed by atoms with E-state index in [1.165, 1.54) is 0 Å². The van der Waals surface area contributed by atoms with Gasteiger partial charge >= 0.3 is 5.97 Å². The molecule has 0 radical (unpaired) electrons. The van der Waals surface area contributed by atoms with E-state index in [1.54, 1.807) is 23.2 Å². The van der Waals surface area contributed by atoms with Gasteiger partial charge in [0, 0.05) is 25.9 Å². The molecule has 2 fully saturated rings. The SMILES string of the molecule is C[C@@H]1C=CN2C(=O)C(CCO[Si](C)(C)C(C)(C)C)(C(=O)OSc3ccccc3C(=O)N3CCCCCC3)[C@H]12. The van der Waals surface area contributed by atoms with Crippen molar-refractivity contribution in [2.45, 2.75) is 88.9 Å². The Labute approximate surface area is 232 Å². The molecule has 0 aromatic heterocycles. The van der Waals surface area contributed by atoms with Gasteiger partial charge in [-0.1, -0.05) is 58.7 Å². The third-order valence-electron chi connectivity index (χ3n) is 8.82. The van der Waals surface area contributed by atoms with Gasteiger partial charge in [0.15, 0.2) is 13.7 Å². The molecule has 7 nitrogen and oxygen atoms in total. The Balaban J connectivity index is 1.50. The summed E-state index contributed by atoms with van der Waals surface area (Å²) in [5, 5.41) is 0.0258. The van der Waals surface area contributed by atoms with Gasteiger partial charge in [-0.15, -0.1) is 0 Å². The van der Waals surface area contributed by atoms with Crippen LogP contribution in [0.15, 0.2) is 41.4 Å². The number of carbonyl (C=O) groups excluding carboxylic acids is 3.